The fourth-order valence-corrected chi connectivity index (χ4v) is 5.15. The summed E-state index contributed by atoms with van der Waals surface area (Å²) in [6, 6.07) is 5.66. The molecule has 5 N–H and O–H groups in total. The molecule has 1 aromatic carbocycles. The summed E-state index contributed by atoms with van der Waals surface area (Å²) < 4.78 is 2.07. The molecule has 1 fully saturated rings. The van der Waals surface area contributed by atoms with E-state index in [9.17, 15) is 14.4 Å². The third kappa shape index (κ3) is 4.53. The Hall–Kier alpha value is -3.13. The van der Waals surface area contributed by atoms with Gasteiger partial charge >= 0.3 is 0 Å². The Bertz CT molecular complexity index is 1110. The smallest absolute Gasteiger partial charge is 0.250 e. The molecule has 0 unspecified atom stereocenters. The van der Waals surface area contributed by atoms with E-state index in [1.165, 1.54) is 0 Å². The molecule has 8 heteroatoms. The predicted octanol–water partition coefficient (Wildman–Crippen LogP) is 2.40. The number of anilines is 1. The molecule has 0 saturated carbocycles. The van der Waals surface area contributed by atoms with Gasteiger partial charge in [-0.15, -0.1) is 0 Å². The molecule has 0 radical (unpaired) electrons. The van der Waals surface area contributed by atoms with Crippen LogP contribution in [-0.2, 0) is 11.2 Å². The Kier molecular flexibility index (Phi) is 6.05. The largest absolute Gasteiger partial charge is 0.381 e. The van der Waals surface area contributed by atoms with E-state index in [0.717, 1.165) is 41.8 Å². The van der Waals surface area contributed by atoms with Crippen molar-refractivity contribution in [3.05, 3.63) is 46.8 Å². The summed E-state index contributed by atoms with van der Waals surface area (Å²) in [6.07, 6.45) is 4.87. The number of fused-ring (bicyclic) bond motifs is 1. The second-order valence-electron chi connectivity index (χ2n) is 10.0. The van der Waals surface area contributed by atoms with Crippen LogP contribution in [0.3, 0.4) is 0 Å². The quantitative estimate of drug-likeness (QED) is 0.644. The number of Topliss-reactive ketones (excluding diaryl/α,β-unsaturated/α-hetero) is 1. The highest BCUT2D eigenvalue weighted by molar-refractivity contribution is 6.01. The summed E-state index contributed by atoms with van der Waals surface area (Å²) in [5, 5.41) is 3.48. The van der Waals surface area contributed by atoms with Gasteiger partial charge in [-0.2, -0.15) is 0 Å². The van der Waals surface area contributed by atoms with Crippen LogP contribution < -0.4 is 16.8 Å². The normalized spacial score (nSPS) is 18.2. The van der Waals surface area contributed by atoms with Crippen LogP contribution in [0.1, 0.15) is 65.1 Å². The minimum atomic E-state index is -0.498. The molecule has 4 rings (SSSR count). The van der Waals surface area contributed by atoms with Crippen molar-refractivity contribution in [3.63, 3.8) is 0 Å². The molecular formula is C25H33N5O3. The lowest BCUT2D eigenvalue weighted by atomic mass is 9.75. The lowest BCUT2D eigenvalue weighted by molar-refractivity contribution is -0.130. The zero-order valence-corrected chi connectivity index (χ0v) is 19.6. The molecule has 0 spiro atoms. The van der Waals surface area contributed by atoms with Crippen LogP contribution in [0.25, 0.3) is 5.69 Å². The zero-order valence-electron chi connectivity index (χ0n) is 19.6. The first kappa shape index (κ1) is 23.0. The molecule has 1 aliphatic heterocycles. The van der Waals surface area contributed by atoms with Crippen LogP contribution in [0.4, 0.5) is 5.69 Å². The Labute approximate surface area is 194 Å². The first-order valence-electron chi connectivity index (χ1n) is 11.5. The van der Waals surface area contributed by atoms with Crippen molar-refractivity contribution in [3.8, 4) is 5.69 Å². The van der Waals surface area contributed by atoms with Crippen molar-refractivity contribution in [2.24, 2.45) is 16.9 Å². The van der Waals surface area contributed by atoms with Gasteiger partial charge in [0.15, 0.2) is 5.78 Å². The molecule has 0 atom stereocenters. The maximum absolute atomic E-state index is 12.8. The number of aromatic nitrogens is 1. The molecule has 1 aromatic heterocycles. The fraction of sp³-hybridized carbons (Fsp3) is 0.480. The fourth-order valence-electron chi connectivity index (χ4n) is 5.15. The summed E-state index contributed by atoms with van der Waals surface area (Å²) in [5.41, 5.74) is 15.8. The van der Waals surface area contributed by atoms with Gasteiger partial charge in [-0.1, -0.05) is 13.8 Å². The van der Waals surface area contributed by atoms with Crippen molar-refractivity contribution in [2.75, 3.05) is 25.0 Å². The second-order valence-corrected chi connectivity index (χ2v) is 10.0. The lowest BCUT2D eigenvalue weighted by Crippen LogP contribution is -2.44. The number of ketones is 1. The van der Waals surface area contributed by atoms with Crippen molar-refractivity contribution < 1.29 is 14.4 Å². The highest BCUT2D eigenvalue weighted by Crippen LogP contribution is 2.38. The number of primary amides is 1. The number of nitrogens with zero attached hydrogens (tertiary/aromatic N) is 2. The lowest BCUT2D eigenvalue weighted by Gasteiger charge is -2.33. The number of nitrogens with two attached hydrogens (primary N) is 2. The number of hydrogen-bond donors (Lipinski definition) is 3. The number of nitrogens with one attached hydrogen (secondary N) is 1. The van der Waals surface area contributed by atoms with Gasteiger partial charge in [0.2, 0.25) is 5.91 Å². The van der Waals surface area contributed by atoms with Gasteiger partial charge in [0.05, 0.1) is 12.1 Å². The molecule has 176 valence electrons. The van der Waals surface area contributed by atoms with E-state index in [1.54, 1.807) is 11.0 Å². The number of rotatable bonds is 5. The van der Waals surface area contributed by atoms with Gasteiger partial charge in [-0.05, 0) is 55.4 Å². The highest BCUT2D eigenvalue weighted by Gasteiger charge is 2.35. The average Bonchev–Trinajstić information content (AvgIpc) is 3.08. The van der Waals surface area contributed by atoms with E-state index < -0.39 is 5.91 Å². The molecule has 1 saturated heterocycles. The number of benzene rings is 1. The number of piperidine rings is 1. The van der Waals surface area contributed by atoms with Crippen LogP contribution in [0.15, 0.2) is 24.4 Å². The standard InChI is InChI=1S/C25H33N5O3/c1-15-14-30(20-11-25(2,3)12-21(31)23(15)20)17-4-5-18(24(27)33)19(10-17)28-16-6-8-29(9-7-16)22(32)13-26/h4-5,10,14,16,28H,6-9,11-13,26H2,1-3H3,(H2,27,33). The minimum absolute atomic E-state index is 0.0197. The van der Waals surface area contributed by atoms with E-state index in [0.29, 0.717) is 30.8 Å². The van der Waals surface area contributed by atoms with E-state index in [2.05, 4.69) is 23.7 Å². The van der Waals surface area contributed by atoms with Crippen LogP contribution >= 0.6 is 0 Å². The molecule has 2 aliphatic rings. The zero-order chi connectivity index (χ0) is 23.9. The third-order valence-corrected chi connectivity index (χ3v) is 6.79. The molecule has 8 nitrogen and oxygen atoms in total. The van der Waals surface area contributed by atoms with E-state index in [4.69, 9.17) is 11.5 Å². The van der Waals surface area contributed by atoms with Gasteiger partial charge in [0, 0.05) is 54.4 Å². The third-order valence-electron chi connectivity index (χ3n) is 6.79. The number of aryl methyl sites for hydroxylation is 1. The second kappa shape index (κ2) is 8.67. The number of hydrogen-bond acceptors (Lipinski definition) is 5. The summed E-state index contributed by atoms with van der Waals surface area (Å²) >= 11 is 0. The van der Waals surface area contributed by atoms with Gasteiger partial charge in [-0.25, -0.2) is 0 Å². The van der Waals surface area contributed by atoms with Crippen LogP contribution in [0.5, 0.6) is 0 Å². The van der Waals surface area contributed by atoms with E-state index in [-0.39, 0.29) is 29.7 Å². The van der Waals surface area contributed by atoms with E-state index >= 15 is 0 Å². The molecule has 1 aliphatic carbocycles. The maximum Gasteiger partial charge on any atom is 0.250 e. The predicted molar refractivity (Wildman–Crippen MR) is 128 cm³/mol. The molecule has 2 amide bonds. The summed E-state index contributed by atoms with van der Waals surface area (Å²) in [4.78, 5) is 38.6. The topological polar surface area (TPSA) is 123 Å². The van der Waals surface area contributed by atoms with Crippen LogP contribution in [0, 0.1) is 12.3 Å². The van der Waals surface area contributed by atoms with Crippen LogP contribution in [0.2, 0.25) is 0 Å². The monoisotopic (exact) mass is 451 g/mol. The van der Waals surface area contributed by atoms with Crippen molar-refractivity contribution in [1.82, 2.24) is 9.47 Å². The summed E-state index contributed by atoms with van der Waals surface area (Å²) in [5.74, 6) is -0.358. The number of likely N-dealkylation sites (tertiary alicyclic amines) is 1. The van der Waals surface area contributed by atoms with Crippen LogP contribution in [-0.4, -0.2) is 52.7 Å². The van der Waals surface area contributed by atoms with Crippen molar-refractivity contribution >= 4 is 23.3 Å². The SMILES string of the molecule is Cc1cn(-c2ccc(C(N)=O)c(NC3CCN(C(=O)CN)CC3)c2)c2c1C(=O)CC(C)(C)C2. The first-order chi connectivity index (χ1) is 15.6. The molecule has 2 heterocycles. The number of carbonyl (C=O) groups is 3. The summed E-state index contributed by atoms with van der Waals surface area (Å²) in [6.45, 7) is 7.48. The Morgan fingerprint density at radius 3 is 2.52 bits per heavy atom. The number of carbonyl (C=O) groups excluding carboxylic acids is 3. The summed E-state index contributed by atoms with van der Waals surface area (Å²) in [7, 11) is 0. The van der Waals surface area contributed by atoms with Gasteiger partial charge in [0.1, 0.15) is 0 Å². The molecule has 0 bridgehead atoms. The van der Waals surface area contributed by atoms with Gasteiger partial charge < -0.3 is 26.3 Å². The Morgan fingerprint density at radius 1 is 1.18 bits per heavy atom. The number of amides is 2. The molecule has 2 aromatic rings. The average molecular weight is 452 g/mol. The first-order valence-corrected chi connectivity index (χ1v) is 11.5. The maximum atomic E-state index is 12.8. The highest BCUT2D eigenvalue weighted by atomic mass is 16.2. The van der Waals surface area contributed by atoms with Crippen molar-refractivity contribution in [1.29, 1.82) is 0 Å². The minimum Gasteiger partial charge on any atom is -0.381 e. The molecule has 33 heavy (non-hydrogen) atoms. The molecular weight excluding hydrogens is 418 g/mol. The van der Waals surface area contributed by atoms with E-state index in [1.807, 2.05) is 25.3 Å². The Morgan fingerprint density at radius 2 is 1.88 bits per heavy atom. The van der Waals surface area contributed by atoms with Gasteiger partial charge in [-0.3, -0.25) is 14.4 Å². The van der Waals surface area contributed by atoms with Gasteiger partial charge in [0.25, 0.3) is 5.91 Å². The Balaban J connectivity index is 1.65. The van der Waals surface area contributed by atoms with Crippen molar-refractivity contribution in [2.45, 2.75) is 52.5 Å².